The van der Waals surface area contributed by atoms with Crippen LogP contribution in [-0.4, -0.2) is 35.5 Å². The second kappa shape index (κ2) is 7.04. The van der Waals surface area contributed by atoms with E-state index in [-0.39, 0.29) is 12.0 Å². The van der Waals surface area contributed by atoms with Crippen LogP contribution in [0.25, 0.3) is 0 Å². The molecule has 2 atom stereocenters. The van der Waals surface area contributed by atoms with E-state index in [9.17, 15) is 0 Å². The number of nitrogens with two attached hydrogens (primary N) is 2. The second-order valence-corrected chi connectivity index (χ2v) is 5.18. The van der Waals surface area contributed by atoms with E-state index in [4.69, 9.17) is 26.4 Å². The normalized spacial score (nSPS) is 19.1. The molecule has 118 valence electrons. The zero-order valence-electron chi connectivity index (χ0n) is 12.7. The summed E-state index contributed by atoms with van der Waals surface area (Å²) < 4.78 is 10.9. The molecule has 0 aliphatic heterocycles. The van der Waals surface area contributed by atoms with Crippen LogP contribution in [0.1, 0.15) is 19.0 Å². The van der Waals surface area contributed by atoms with Gasteiger partial charge in [0.15, 0.2) is 0 Å². The Morgan fingerprint density at radius 1 is 1.41 bits per heavy atom. The number of methoxy groups -OCH3 is 1. The lowest BCUT2D eigenvalue weighted by Crippen LogP contribution is -2.27. The van der Waals surface area contributed by atoms with Gasteiger partial charge in [-0.05, 0) is 19.1 Å². The standard InChI is InChI=1S/C15H21N5O2/c1-9(7-21-2)22-10-3-4-12(16)11(5-10)15(18)13-6-14(17)20-8-19-13/h3-4,6,8-9,11,18H,5,7,16H2,1-2H3,(H2,17,19,20)/t9-,11?/m0/s1. The Balaban J connectivity index is 2.11. The smallest absolute Gasteiger partial charge is 0.127 e. The number of nitrogens with zero attached hydrogens (tertiary/aromatic N) is 2. The van der Waals surface area contributed by atoms with Crippen molar-refractivity contribution in [3.05, 3.63) is 41.7 Å². The highest BCUT2D eigenvalue weighted by atomic mass is 16.5. The van der Waals surface area contributed by atoms with Gasteiger partial charge < -0.3 is 26.4 Å². The van der Waals surface area contributed by atoms with Gasteiger partial charge in [0.25, 0.3) is 0 Å². The molecule has 0 amide bonds. The number of anilines is 1. The predicted octanol–water partition coefficient (Wildman–Crippen LogP) is 1.22. The Morgan fingerprint density at radius 2 is 2.18 bits per heavy atom. The van der Waals surface area contributed by atoms with E-state index >= 15 is 0 Å². The molecule has 22 heavy (non-hydrogen) atoms. The summed E-state index contributed by atoms with van der Waals surface area (Å²) in [5, 5.41) is 8.33. The van der Waals surface area contributed by atoms with Gasteiger partial charge in [0.1, 0.15) is 18.2 Å². The van der Waals surface area contributed by atoms with Crippen molar-refractivity contribution in [1.82, 2.24) is 9.97 Å². The third kappa shape index (κ3) is 3.82. The van der Waals surface area contributed by atoms with Crippen molar-refractivity contribution in [2.75, 3.05) is 19.5 Å². The number of aromatic nitrogens is 2. The van der Waals surface area contributed by atoms with E-state index in [0.29, 0.717) is 35.9 Å². The van der Waals surface area contributed by atoms with Crippen molar-refractivity contribution in [2.45, 2.75) is 19.4 Å². The zero-order chi connectivity index (χ0) is 16.1. The first kappa shape index (κ1) is 16.0. The SMILES string of the molecule is COC[C@H](C)OC1=CC=C(N)C(C(=N)c2cc(N)ncn2)C1. The summed E-state index contributed by atoms with van der Waals surface area (Å²) in [5.74, 6) is 0.813. The zero-order valence-corrected chi connectivity index (χ0v) is 12.7. The molecule has 0 aromatic carbocycles. The molecular weight excluding hydrogens is 282 g/mol. The molecule has 0 bridgehead atoms. The van der Waals surface area contributed by atoms with Crippen LogP contribution in [0.15, 0.2) is 36.0 Å². The second-order valence-electron chi connectivity index (χ2n) is 5.18. The third-order valence-electron chi connectivity index (χ3n) is 3.34. The van der Waals surface area contributed by atoms with Crippen LogP contribution in [0.2, 0.25) is 0 Å². The molecule has 1 aliphatic rings. The quantitative estimate of drug-likeness (QED) is 0.680. The largest absolute Gasteiger partial charge is 0.493 e. The molecule has 5 N–H and O–H groups in total. The van der Waals surface area contributed by atoms with E-state index in [1.807, 2.05) is 13.0 Å². The molecule has 1 aromatic heterocycles. The maximum atomic E-state index is 8.33. The Labute approximate surface area is 129 Å². The maximum Gasteiger partial charge on any atom is 0.127 e. The first-order valence-electron chi connectivity index (χ1n) is 6.99. The van der Waals surface area contributed by atoms with Gasteiger partial charge in [-0.2, -0.15) is 0 Å². The molecule has 0 saturated carbocycles. The highest BCUT2D eigenvalue weighted by Crippen LogP contribution is 2.27. The van der Waals surface area contributed by atoms with E-state index < -0.39 is 0 Å². The van der Waals surface area contributed by atoms with Gasteiger partial charge in [0.2, 0.25) is 0 Å². The Kier molecular flexibility index (Phi) is 5.11. The molecule has 2 rings (SSSR count). The van der Waals surface area contributed by atoms with E-state index in [1.165, 1.54) is 6.33 Å². The molecule has 1 unspecified atom stereocenters. The minimum atomic E-state index is -0.288. The lowest BCUT2D eigenvalue weighted by atomic mass is 9.89. The molecule has 0 spiro atoms. The van der Waals surface area contributed by atoms with Crippen LogP contribution in [0.5, 0.6) is 0 Å². The van der Waals surface area contributed by atoms with Crippen molar-refractivity contribution in [1.29, 1.82) is 5.41 Å². The lowest BCUT2D eigenvalue weighted by Gasteiger charge is -2.25. The summed E-state index contributed by atoms with van der Waals surface area (Å²) in [7, 11) is 1.63. The van der Waals surface area contributed by atoms with Crippen molar-refractivity contribution in [2.24, 2.45) is 11.7 Å². The van der Waals surface area contributed by atoms with Crippen molar-refractivity contribution < 1.29 is 9.47 Å². The summed E-state index contributed by atoms with van der Waals surface area (Å²) in [4.78, 5) is 7.92. The van der Waals surface area contributed by atoms with Crippen LogP contribution in [0, 0.1) is 11.3 Å². The van der Waals surface area contributed by atoms with E-state index in [0.717, 1.165) is 5.76 Å². The summed E-state index contributed by atoms with van der Waals surface area (Å²) in [6.45, 7) is 2.43. The van der Waals surface area contributed by atoms with Gasteiger partial charge in [-0.3, -0.25) is 0 Å². The number of nitrogens with one attached hydrogen (secondary N) is 1. The molecule has 7 heteroatoms. The number of hydrogen-bond acceptors (Lipinski definition) is 7. The minimum Gasteiger partial charge on any atom is -0.493 e. The van der Waals surface area contributed by atoms with Crippen molar-refractivity contribution in [3.8, 4) is 0 Å². The lowest BCUT2D eigenvalue weighted by molar-refractivity contribution is 0.0436. The molecule has 7 nitrogen and oxygen atoms in total. The highest BCUT2D eigenvalue weighted by Gasteiger charge is 2.25. The monoisotopic (exact) mass is 303 g/mol. The van der Waals surface area contributed by atoms with Crippen LogP contribution in [0.3, 0.4) is 0 Å². The van der Waals surface area contributed by atoms with E-state index in [2.05, 4.69) is 9.97 Å². The van der Waals surface area contributed by atoms with Crippen molar-refractivity contribution >= 4 is 11.5 Å². The van der Waals surface area contributed by atoms with Gasteiger partial charge in [-0.1, -0.05) is 0 Å². The Hall–Kier alpha value is -2.41. The fourth-order valence-corrected chi connectivity index (χ4v) is 2.27. The van der Waals surface area contributed by atoms with E-state index in [1.54, 1.807) is 19.3 Å². The summed E-state index contributed by atoms with van der Waals surface area (Å²) in [6, 6.07) is 1.57. The molecule has 1 aromatic rings. The van der Waals surface area contributed by atoms with Crippen LogP contribution in [-0.2, 0) is 9.47 Å². The molecule has 0 saturated heterocycles. The molecule has 0 radical (unpaired) electrons. The minimum absolute atomic E-state index is 0.0616. The number of rotatable bonds is 6. The van der Waals surface area contributed by atoms with Gasteiger partial charge >= 0.3 is 0 Å². The molecule has 1 heterocycles. The topological polar surface area (TPSA) is 120 Å². The van der Waals surface area contributed by atoms with Gasteiger partial charge in [0.05, 0.1) is 23.8 Å². The Morgan fingerprint density at radius 3 is 2.86 bits per heavy atom. The van der Waals surface area contributed by atoms with Crippen LogP contribution < -0.4 is 11.5 Å². The predicted molar refractivity (Wildman–Crippen MR) is 84.2 cm³/mol. The van der Waals surface area contributed by atoms with Crippen LogP contribution >= 0.6 is 0 Å². The van der Waals surface area contributed by atoms with Gasteiger partial charge in [-0.15, -0.1) is 0 Å². The number of nitrogen functional groups attached to an aromatic ring is 1. The third-order valence-corrected chi connectivity index (χ3v) is 3.34. The highest BCUT2D eigenvalue weighted by molar-refractivity contribution is 6.00. The van der Waals surface area contributed by atoms with Gasteiger partial charge in [0, 0.05) is 31.2 Å². The Bertz CT molecular complexity index is 612. The molecular formula is C15H21N5O2. The molecule has 0 fully saturated rings. The fraction of sp³-hybridized carbons (Fsp3) is 0.400. The summed E-state index contributed by atoms with van der Waals surface area (Å²) in [6.07, 6.45) is 5.39. The summed E-state index contributed by atoms with van der Waals surface area (Å²) in [5.41, 5.74) is 13.1. The first-order chi connectivity index (χ1) is 10.5. The van der Waals surface area contributed by atoms with Gasteiger partial charge in [-0.25, -0.2) is 9.97 Å². The fourth-order valence-electron chi connectivity index (χ4n) is 2.27. The number of allylic oxidation sites excluding steroid dienone is 4. The maximum absolute atomic E-state index is 8.33. The number of hydrogen-bond donors (Lipinski definition) is 3. The average molecular weight is 303 g/mol. The summed E-state index contributed by atoms with van der Waals surface area (Å²) >= 11 is 0. The molecule has 1 aliphatic carbocycles. The van der Waals surface area contributed by atoms with Crippen molar-refractivity contribution in [3.63, 3.8) is 0 Å². The number of ether oxygens (including phenoxy) is 2. The van der Waals surface area contributed by atoms with Crippen LogP contribution in [0.4, 0.5) is 5.82 Å². The average Bonchev–Trinajstić information content (AvgIpc) is 2.49. The first-order valence-corrected chi connectivity index (χ1v) is 6.99.